The van der Waals surface area contributed by atoms with E-state index in [0.717, 1.165) is 0 Å². The SMILES string of the molecule is COC(=O)Cn1ccnc1-c1c(F)cccc1Cl. The minimum atomic E-state index is -0.486. The van der Waals surface area contributed by atoms with Crippen LogP contribution >= 0.6 is 11.6 Å². The van der Waals surface area contributed by atoms with E-state index in [0.29, 0.717) is 5.82 Å². The Morgan fingerprint density at radius 3 is 3.00 bits per heavy atom. The number of rotatable bonds is 3. The fourth-order valence-electron chi connectivity index (χ4n) is 1.58. The molecule has 0 saturated carbocycles. The van der Waals surface area contributed by atoms with E-state index in [2.05, 4.69) is 9.72 Å². The summed E-state index contributed by atoms with van der Waals surface area (Å²) in [7, 11) is 1.29. The molecule has 0 aliphatic carbocycles. The van der Waals surface area contributed by atoms with Gasteiger partial charge in [-0.2, -0.15) is 0 Å². The smallest absolute Gasteiger partial charge is 0.325 e. The summed E-state index contributed by atoms with van der Waals surface area (Å²) in [6, 6.07) is 4.37. The average molecular weight is 269 g/mol. The van der Waals surface area contributed by atoms with Crippen molar-refractivity contribution >= 4 is 17.6 Å². The van der Waals surface area contributed by atoms with Gasteiger partial charge >= 0.3 is 5.97 Å². The molecule has 0 atom stereocenters. The first-order valence-corrected chi connectivity index (χ1v) is 5.53. The van der Waals surface area contributed by atoms with Gasteiger partial charge in [-0.15, -0.1) is 0 Å². The Hall–Kier alpha value is -1.88. The van der Waals surface area contributed by atoms with E-state index in [9.17, 15) is 9.18 Å². The predicted molar refractivity (Wildman–Crippen MR) is 64.6 cm³/mol. The lowest BCUT2D eigenvalue weighted by Gasteiger charge is -2.08. The van der Waals surface area contributed by atoms with Crippen LogP contribution in [0.1, 0.15) is 0 Å². The van der Waals surface area contributed by atoms with E-state index in [1.807, 2.05) is 0 Å². The van der Waals surface area contributed by atoms with Gasteiger partial charge in [0.2, 0.25) is 0 Å². The normalized spacial score (nSPS) is 10.4. The quantitative estimate of drug-likeness (QED) is 0.804. The predicted octanol–water partition coefficient (Wildman–Crippen LogP) is 2.52. The van der Waals surface area contributed by atoms with Crippen molar-refractivity contribution in [2.75, 3.05) is 7.11 Å². The van der Waals surface area contributed by atoms with Crippen LogP contribution in [0.2, 0.25) is 5.02 Å². The molecule has 4 nitrogen and oxygen atoms in total. The van der Waals surface area contributed by atoms with Crippen molar-refractivity contribution in [1.29, 1.82) is 0 Å². The van der Waals surface area contributed by atoms with Crippen molar-refractivity contribution < 1.29 is 13.9 Å². The summed E-state index contributed by atoms with van der Waals surface area (Å²) in [6.07, 6.45) is 3.04. The number of carbonyl (C=O) groups is 1. The summed E-state index contributed by atoms with van der Waals surface area (Å²) in [5, 5.41) is 0.243. The molecule has 0 bridgehead atoms. The van der Waals surface area contributed by atoms with Crippen molar-refractivity contribution in [3.05, 3.63) is 41.4 Å². The van der Waals surface area contributed by atoms with Gasteiger partial charge in [0.1, 0.15) is 18.2 Å². The number of halogens is 2. The number of imidazole rings is 1. The molecule has 0 aliphatic heterocycles. The molecular weight excluding hydrogens is 259 g/mol. The number of carbonyl (C=O) groups excluding carboxylic acids is 1. The highest BCUT2D eigenvalue weighted by Gasteiger charge is 2.16. The summed E-state index contributed by atoms with van der Waals surface area (Å²) >= 11 is 5.95. The summed E-state index contributed by atoms with van der Waals surface area (Å²) in [5.41, 5.74) is 0.174. The van der Waals surface area contributed by atoms with Crippen LogP contribution in [0.4, 0.5) is 4.39 Å². The highest BCUT2D eigenvalue weighted by molar-refractivity contribution is 6.33. The second-order valence-corrected chi connectivity index (χ2v) is 3.96. The Morgan fingerprint density at radius 1 is 1.56 bits per heavy atom. The van der Waals surface area contributed by atoms with Crippen LogP contribution in [0, 0.1) is 5.82 Å². The minimum Gasteiger partial charge on any atom is -0.468 e. The molecule has 0 unspecified atom stereocenters. The number of aromatic nitrogens is 2. The second kappa shape index (κ2) is 5.18. The highest BCUT2D eigenvalue weighted by Crippen LogP contribution is 2.29. The molecule has 0 spiro atoms. The molecule has 0 saturated heterocycles. The third kappa shape index (κ3) is 2.36. The fraction of sp³-hybridized carbons (Fsp3) is 0.167. The number of nitrogens with zero attached hydrogens (tertiary/aromatic N) is 2. The van der Waals surface area contributed by atoms with E-state index >= 15 is 0 Å². The second-order valence-electron chi connectivity index (χ2n) is 3.55. The molecule has 0 aliphatic rings. The van der Waals surface area contributed by atoms with E-state index < -0.39 is 11.8 Å². The topological polar surface area (TPSA) is 44.1 Å². The van der Waals surface area contributed by atoms with Gasteiger partial charge in [0, 0.05) is 12.4 Å². The Labute approximate surface area is 108 Å². The zero-order valence-corrected chi connectivity index (χ0v) is 10.3. The molecule has 0 amide bonds. The number of hydrogen-bond acceptors (Lipinski definition) is 3. The third-order valence-corrected chi connectivity index (χ3v) is 2.74. The van der Waals surface area contributed by atoms with Gasteiger partial charge in [0.05, 0.1) is 17.7 Å². The van der Waals surface area contributed by atoms with Crippen molar-refractivity contribution in [3.8, 4) is 11.4 Å². The van der Waals surface area contributed by atoms with Crippen LogP contribution in [0.5, 0.6) is 0 Å². The number of benzene rings is 1. The van der Waals surface area contributed by atoms with Gasteiger partial charge in [0.15, 0.2) is 0 Å². The zero-order chi connectivity index (χ0) is 13.1. The highest BCUT2D eigenvalue weighted by atomic mass is 35.5. The first-order valence-electron chi connectivity index (χ1n) is 5.16. The maximum absolute atomic E-state index is 13.8. The summed E-state index contributed by atoms with van der Waals surface area (Å²) < 4.78 is 19.8. The standard InChI is InChI=1S/C12H10ClFN2O2/c1-18-10(17)7-16-6-5-15-12(16)11-8(13)3-2-4-9(11)14/h2-6H,7H2,1H3. The number of methoxy groups -OCH3 is 1. The van der Waals surface area contributed by atoms with Crippen LogP contribution in [-0.2, 0) is 16.1 Å². The third-order valence-electron chi connectivity index (χ3n) is 2.43. The molecule has 2 rings (SSSR count). The molecule has 0 N–H and O–H groups in total. The lowest BCUT2D eigenvalue weighted by atomic mass is 10.2. The Morgan fingerprint density at radius 2 is 2.33 bits per heavy atom. The Balaban J connectivity index is 2.46. The lowest BCUT2D eigenvalue weighted by molar-refractivity contribution is -0.141. The number of esters is 1. The van der Waals surface area contributed by atoms with Gasteiger partial charge in [-0.05, 0) is 12.1 Å². The molecule has 0 radical (unpaired) electrons. The summed E-state index contributed by atoms with van der Waals surface area (Å²) in [5.74, 6) is -0.634. The van der Waals surface area contributed by atoms with Crippen LogP contribution < -0.4 is 0 Å². The first kappa shape index (κ1) is 12.6. The number of hydrogen-bond donors (Lipinski definition) is 0. The number of ether oxygens (including phenoxy) is 1. The van der Waals surface area contributed by atoms with E-state index in [1.54, 1.807) is 12.3 Å². The summed E-state index contributed by atoms with van der Waals surface area (Å²) in [6.45, 7) is -0.0451. The van der Waals surface area contributed by atoms with Crippen molar-refractivity contribution in [2.24, 2.45) is 0 Å². The molecule has 1 aromatic carbocycles. The fourth-order valence-corrected chi connectivity index (χ4v) is 1.83. The van der Waals surface area contributed by atoms with E-state index in [-0.39, 0.29) is 17.1 Å². The average Bonchev–Trinajstić information content (AvgIpc) is 2.77. The van der Waals surface area contributed by atoms with Crippen molar-refractivity contribution in [3.63, 3.8) is 0 Å². The van der Waals surface area contributed by atoms with Gasteiger partial charge < -0.3 is 9.30 Å². The van der Waals surface area contributed by atoms with E-state index in [4.69, 9.17) is 11.6 Å². The molecule has 18 heavy (non-hydrogen) atoms. The Kier molecular flexibility index (Phi) is 3.62. The Bertz CT molecular complexity index is 563. The molecule has 1 aromatic heterocycles. The summed E-state index contributed by atoms with van der Waals surface area (Å²) in [4.78, 5) is 15.3. The van der Waals surface area contributed by atoms with Gasteiger partial charge in [0.25, 0.3) is 0 Å². The van der Waals surface area contributed by atoms with Crippen LogP contribution in [-0.4, -0.2) is 22.6 Å². The molecular formula is C12H10ClFN2O2. The van der Waals surface area contributed by atoms with Crippen LogP contribution in [0.25, 0.3) is 11.4 Å². The van der Waals surface area contributed by atoms with Crippen LogP contribution in [0.15, 0.2) is 30.6 Å². The zero-order valence-electron chi connectivity index (χ0n) is 9.56. The van der Waals surface area contributed by atoms with Crippen molar-refractivity contribution in [2.45, 2.75) is 6.54 Å². The first-order chi connectivity index (χ1) is 8.63. The molecule has 1 heterocycles. The molecule has 94 valence electrons. The lowest BCUT2D eigenvalue weighted by Crippen LogP contribution is -2.12. The maximum atomic E-state index is 13.8. The van der Waals surface area contributed by atoms with Crippen LogP contribution in [0.3, 0.4) is 0 Å². The van der Waals surface area contributed by atoms with Gasteiger partial charge in [-0.25, -0.2) is 9.37 Å². The van der Waals surface area contributed by atoms with E-state index in [1.165, 1.54) is 30.0 Å². The molecule has 2 aromatic rings. The van der Waals surface area contributed by atoms with Gasteiger partial charge in [-0.3, -0.25) is 4.79 Å². The van der Waals surface area contributed by atoms with Gasteiger partial charge in [-0.1, -0.05) is 17.7 Å². The monoisotopic (exact) mass is 268 g/mol. The maximum Gasteiger partial charge on any atom is 0.325 e. The minimum absolute atomic E-state index is 0.0451. The molecule has 0 fully saturated rings. The molecule has 6 heteroatoms. The van der Waals surface area contributed by atoms with Crippen molar-refractivity contribution in [1.82, 2.24) is 9.55 Å². The largest absolute Gasteiger partial charge is 0.468 e.